The number of amides is 1. The van der Waals surface area contributed by atoms with Crippen LogP contribution in [0.4, 0.5) is 0 Å². The summed E-state index contributed by atoms with van der Waals surface area (Å²) in [5.41, 5.74) is 5.08. The first-order valence-electron chi connectivity index (χ1n) is 5.82. The van der Waals surface area contributed by atoms with Gasteiger partial charge in [-0.15, -0.1) is 12.4 Å². The number of nitrogens with one attached hydrogen (secondary N) is 1. The van der Waals surface area contributed by atoms with E-state index in [2.05, 4.69) is 15.5 Å². The number of nitrogens with two attached hydrogens (primary N) is 1. The van der Waals surface area contributed by atoms with Gasteiger partial charge >= 0.3 is 0 Å². The summed E-state index contributed by atoms with van der Waals surface area (Å²) in [5.74, 6) is 0.980. The normalized spacial score (nSPS) is 13.6. The number of aromatic nitrogens is 2. The van der Waals surface area contributed by atoms with Gasteiger partial charge in [-0.3, -0.25) is 4.79 Å². The van der Waals surface area contributed by atoms with E-state index in [9.17, 15) is 4.79 Å². The van der Waals surface area contributed by atoms with E-state index in [1.807, 2.05) is 6.92 Å². The van der Waals surface area contributed by atoms with Gasteiger partial charge < -0.3 is 15.6 Å². The smallest absolute Gasteiger partial charge is 0.239 e. The highest BCUT2D eigenvalue weighted by Gasteiger charge is 2.26. The summed E-state index contributed by atoms with van der Waals surface area (Å²) < 4.78 is 4.94. The molecule has 0 aromatic carbocycles. The molecular formula is C11H21ClN4O2. The van der Waals surface area contributed by atoms with E-state index < -0.39 is 5.54 Å². The lowest BCUT2D eigenvalue weighted by Crippen LogP contribution is -2.51. The maximum absolute atomic E-state index is 11.7. The maximum atomic E-state index is 11.7. The number of rotatable bonds is 6. The molecule has 0 saturated heterocycles. The molecule has 7 heteroatoms. The lowest BCUT2D eigenvalue weighted by molar-refractivity contribution is -0.126. The highest BCUT2D eigenvalue weighted by atomic mass is 35.5. The van der Waals surface area contributed by atoms with Crippen molar-refractivity contribution in [1.29, 1.82) is 0 Å². The van der Waals surface area contributed by atoms with E-state index in [0.717, 1.165) is 6.42 Å². The molecule has 104 valence electrons. The van der Waals surface area contributed by atoms with Gasteiger partial charge in [-0.1, -0.05) is 18.5 Å². The first kappa shape index (κ1) is 16.9. The minimum atomic E-state index is -0.806. The van der Waals surface area contributed by atoms with Crippen molar-refractivity contribution in [1.82, 2.24) is 15.5 Å². The minimum Gasteiger partial charge on any atom is -0.354 e. The molecule has 0 fully saturated rings. The van der Waals surface area contributed by atoms with Crippen LogP contribution in [-0.4, -0.2) is 28.1 Å². The summed E-state index contributed by atoms with van der Waals surface area (Å²) in [6.45, 7) is 5.95. The molecule has 1 aromatic heterocycles. The first-order valence-corrected chi connectivity index (χ1v) is 5.82. The molecule has 0 aliphatic carbocycles. The monoisotopic (exact) mass is 276 g/mol. The molecule has 1 aromatic rings. The number of aryl methyl sites for hydroxylation is 1. The molecule has 1 atom stereocenters. The number of carbonyl (C=O) groups is 1. The Bertz CT molecular complexity index is 379. The van der Waals surface area contributed by atoms with Crippen LogP contribution in [0.15, 0.2) is 4.52 Å². The lowest BCUT2D eigenvalue weighted by atomic mass is 9.96. The van der Waals surface area contributed by atoms with Gasteiger partial charge in [0, 0.05) is 13.0 Å². The van der Waals surface area contributed by atoms with Crippen LogP contribution >= 0.6 is 12.4 Å². The quantitative estimate of drug-likeness (QED) is 0.808. The van der Waals surface area contributed by atoms with Gasteiger partial charge in [-0.05, 0) is 20.3 Å². The Balaban J connectivity index is 0.00000289. The summed E-state index contributed by atoms with van der Waals surface area (Å²) in [6, 6.07) is 0. The summed E-state index contributed by atoms with van der Waals surface area (Å²) in [5, 5.41) is 6.44. The van der Waals surface area contributed by atoms with E-state index in [0.29, 0.717) is 31.1 Å². The van der Waals surface area contributed by atoms with Crippen molar-refractivity contribution < 1.29 is 9.32 Å². The number of hydrogen-bond donors (Lipinski definition) is 2. The molecule has 0 saturated carbocycles. The molecule has 0 bridgehead atoms. The Morgan fingerprint density at radius 1 is 1.56 bits per heavy atom. The van der Waals surface area contributed by atoms with Crippen LogP contribution in [0.25, 0.3) is 0 Å². The highest BCUT2D eigenvalue weighted by molar-refractivity contribution is 5.85. The van der Waals surface area contributed by atoms with Crippen LogP contribution in [0.1, 0.15) is 38.4 Å². The fourth-order valence-electron chi connectivity index (χ4n) is 1.56. The molecule has 1 heterocycles. The van der Waals surface area contributed by atoms with Crippen LogP contribution in [0.2, 0.25) is 0 Å². The summed E-state index contributed by atoms with van der Waals surface area (Å²) in [6.07, 6.45) is 2.07. The average Bonchev–Trinajstić information content (AvgIpc) is 2.64. The van der Waals surface area contributed by atoms with Crippen molar-refractivity contribution in [3.05, 3.63) is 11.7 Å². The van der Waals surface area contributed by atoms with Crippen LogP contribution in [0.3, 0.4) is 0 Å². The third-order valence-corrected chi connectivity index (χ3v) is 2.48. The molecule has 18 heavy (non-hydrogen) atoms. The topological polar surface area (TPSA) is 94.0 Å². The SMILES string of the molecule is CCCC(C)(N)C(=O)NCCc1nc(C)no1.Cl. The van der Waals surface area contributed by atoms with E-state index in [1.54, 1.807) is 13.8 Å². The Labute approximate surface area is 113 Å². The standard InChI is InChI=1S/C11H20N4O2.ClH/c1-4-6-11(3,12)10(16)13-7-5-9-14-8(2)15-17-9;/h4-7,12H2,1-3H3,(H,13,16);1H. The lowest BCUT2D eigenvalue weighted by Gasteiger charge is -2.22. The predicted molar refractivity (Wildman–Crippen MR) is 70.5 cm³/mol. The highest BCUT2D eigenvalue weighted by Crippen LogP contribution is 2.08. The summed E-state index contributed by atoms with van der Waals surface area (Å²) in [4.78, 5) is 15.8. The van der Waals surface area contributed by atoms with Gasteiger partial charge in [-0.2, -0.15) is 4.98 Å². The molecule has 3 N–H and O–H groups in total. The minimum absolute atomic E-state index is 0. The van der Waals surface area contributed by atoms with Crippen LogP contribution in [0, 0.1) is 6.92 Å². The van der Waals surface area contributed by atoms with Crippen molar-refractivity contribution in [3.8, 4) is 0 Å². The van der Waals surface area contributed by atoms with Crippen molar-refractivity contribution in [2.45, 2.75) is 45.6 Å². The fourth-order valence-corrected chi connectivity index (χ4v) is 1.56. The van der Waals surface area contributed by atoms with Crippen LogP contribution in [-0.2, 0) is 11.2 Å². The van der Waals surface area contributed by atoms with Crippen LogP contribution < -0.4 is 11.1 Å². The number of hydrogen-bond acceptors (Lipinski definition) is 5. The molecule has 1 amide bonds. The average molecular weight is 277 g/mol. The van der Waals surface area contributed by atoms with Gasteiger partial charge in [0.05, 0.1) is 5.54 Å². The van der Waals surface area contributed by atoms with Crippen molar-refractivity contribution in [2.75, 3.05) is 6.54 Å². The Morgan fingerprint density at radius 3 is 2.72 bits per heavy atom. The molecule has 1 rings (SSSR count). The predicted octanol–water partition coefficient (Wildman–Crippen LogP) is 0.976. The second kappa shape index (κ2) is 7.33. The molecule has 0 aliphatic rings. The Kier molecular flexibility index (Phi) is 6.86. The second-order valence-corrected chi connectivity index (χ2v) is 4.41. The molecule has 6 nitrogen and oxygen atoms in total. The van der Waals surface area contributed by atoms with Gasteiger partial charge in [-0.25, -0.2) is 0 Å². The molecule has 0 radical (unpaired) electrons. The largest absolute Gasteiger partial charge is 0.354 e. The van der Waals surface area contributed by atoms with Crippen LogP contribution in [0.5, 0.6) is 0 Å². The number of nitrogens with zero attached hydrogens (tertiary/aromatic N) is 2. The zero-order chi connectivity index (χ0) is 12.9. The molecule has 0 aliphatic heterocycles. The summed E-state index contributed by atoms with van der Waals surface area (Å²) >= 11 is 0. The van der Waals surface area contributed by atoms with E-state index in [4.69, 9.17) is 10.3 Å². The van der Waals surface area contributed by atoms with Crippen molar-refractivity contribution in [3.63, 3.8) is 0 Å². The van der Waals surface area contributed by atoms with E-state index in [1.165, 1.54) is 0 Å². The van der Waals surface area contributed by atoms with Gasteiger partial charge in [0.1, 0.15) is 0 Å². The molecule has 0 spiro atoms. The fraction of sp³-hybridized carbons (Fsp3) is 0.727. The van der Waals surface area contributed by atoms with Gasteiger partial charge in [0.25, 0.3) is 0 Å². The zero-order valence-electron chi connectivity index (χ0n) is 11.0. The van der Waals surface area contributed by atoms with Crippen molar-refractivity contribution in [2.24, 2.45) is 5.73 Å². The zero-order valence-corrected chi connectivity index (χ0v) is 11.8. The summed E-state index contributed by atoms with van der Waals surface area (Å²) in [7, 11) is 0. The van der Waals surface area contributed by atoms with Crippen molar-refractivity contribution >= 4 is 18.3 Å². The van der Waals surface area contributed by atoms with E-state index >= 15 is 0 Å². The van der Waals surface area contributed by atoms with E-state index in [-0.39, 0.29) is 18.3 Å². The number of halogens is 1. The Hall–Kier alpha value is -1.14. The second-order valence-electron chi connectivity index (χ2n) is 4.41. The maximum Gasteiger partial charge on any atom is 0.239 e. The third kappa shape index (κ3) is 5.01. The number of carbonyl (C=O) groups excluding carboxylic acids is 1. The first-order chi connectivity index (χ1) is 7.95. The Morgan fingerprint density at radius 2 is 2.22 bits per heavy atom. The molecule has 1 unspecified atom stereocenters. The third-order valence-electron chi connectivity index (χ3n) is 2.48. The van der Waals surface area contributed by atoms with Gasteiger partial charge in [0.2, 0.25) is 11.8 Å². The van der Waals surface area contributed by atoms with Gasteiger partial charge in [0.15, 0.2) is 5.82 Å². The molecular weight excluding hydrogens is 256 g/mol.